The molecule has 0 saturated heterocycles. The fourth-order valence-corrected chi connectivity index (χ4v) is 2.08. The molecule has 21 heavy (non-hydrogen) atoms. The molecule has 110 valence electrons. The number of para-hydroxylation sites is 1. The number of nitrogen functional groups attached to an aromatic ring is 1. The summed E-state index contributed by atoms with van der Waals surface area (Å²) in [5.74, 6) is 0.535. The van der Waals surface area contributed by atoms with Gasteiger partial charge in [0.1, 0.15) is 11.5 Å². The van der Waals surface area contributed by atoms with Gasteiger partial charge in [0, 0.05) is 17.8 Å². The predicted molar refractivity (Wildman–Crippen MR) is 83.4 cm³/mol. The predicted octanol–water partition coefficient (Wildman–Crippen LogP) is 3.19. The van der Waals surface area contributed by atoms with E-state index in [0.717, 1.165) is 0 Å². The van der Waals surface area contributed by atoms with Gasteiger partial charge in [0.05, 0.1) is 30.5 Å². The Bertz CT molecular complexity index is 674. The van der Waals surface area contributed by atoms with E-state index < -0.39 is 0 Å². The fraction of sp³-hybridized carbons (Fsp3) is 0.133. The van der Waals surface area contributed by atoms with E-state index in [1.165, 1.54) is 14.2 Å². The molecule has 0 fully saturated rings. The minimum atomic E-state index is -0.337. The van der Waals surface area contributed by atoms with Gasteiger partial charge in [-0.3, -0.25) is 4.79 Å². The molecule has 0 heterocycles. The van der Waals surface area contributed by atoms with Crippen LogP contribution in [-0.2, 0) is 0 Å². The SMILES string of the molecule is COc1cc(NC(=O)c2ccccc2N)c(OC)cc1Cl. The Balaban J connectivity index is 2.35. The lowest BCUT2D eigenvalue weighted by molar-refractivity contribution is 0.102. The second-order valence-electron chi connectivity index (χ2n) is 4.23. The van der Waals surface area contributed by atoms with Crippen LogP contribution in [0.25, 0.3) is 0 Å². The molecule has 0 aromatic heterocycles. The third-order valence-electron chi connectivity index (χ3n) is 2.93. The van der Waals surface area contributed by atoms with Crippen LogP contribution in [0.4, 0.5) is 11.4 Å². The number of hydrogen-bond donors (Lipinski definition) is 2. The third-order valence-corrected chi connectivity index (χ3v) is 3.22. The van der Waals surface area contributed by atoms with Crippen LogP contribution in [-0.4, -0.2) is 20.1 Å². The molecule has 0 aliphatic carbocycles. The van der Waals surface area contributed by atoms with Gasteiger partial charge in [-0.2, -0.15) is 0 Å². The van der Waals surface area contributed by atoms with Crippen molar-refractivity contribution in [3.63, 3.8) is 0 Å². The summed E-state index contributed by atoms with van der Waals surface area (Å²) in [6, 6.07) is 9.98. The monoisotopic (exact) mass is 306 g/mol. The lowest BCUT2D eigenvalue weighted by Crippen LogP contribution is -2.14. The van der Waals surface area contributed by atoms with Crippen molar-refractivity contribution in [2.24, 2.45) is 0 Å². The molecule has 2 aromatic rings. The Kier molecular flexibility index (Phi) is 4.55. The van der Waals surface area contributed by atoms with Gasteiger partial charge in [0.15, 0.2) is 0 Å². The smallest absolute Gasteiger partial charge is 0.257 e. The van der Waals surface area contributed by atoms with Crippen molar-refractivity contribution in [3.05, 3.63) is 47.0 Å². The van der Waals surface area contributed by atoms with E-state index in [-0.39, 0.29) is 5.91 Å². The number of nitrogens with two attached hydrogens (primary N) is 1. The van der Waals surface area contributed by atoms with Gasteiger partial charge >= 0.3 is 0 Å². The molecule has 0 bridgehead atoms. The summed E-state index contributed by atoms with van der Waals surface area (Å²) in [5.41, 5.74) is 7.02. The third kappa shape index (κ3) is 3.20. The van der Waals surface area contributed by atoms with Crippen LogP contribution in [0.2, 0.25) is 5.02 Å². The van der Waals surface area contributed by atoms with Crippen LogP contribution in [0.15, 0.2) is 36.4 Å². The summed E-state index contributed by atoms with van der Waals surface area (Å²) in [7, 11) is 2.99. The maximum absolute atomic E-state index is 12.3. The van der Waals surface area contributed by atoms with Gasteiger partial charge in [0.25, 0.3) is 5.91 Å². The number of amides is 1. The first-order valence-corrected chi connectivity index (χ1v) is 6.52. The zero-order valence-electron chi connectivity index (χ0n) is 11.6. The van der Waals surface area contributed by atoms with Crippen LogP contribution in [0.5, 0.6) is 11.5 Å². The summed E-state index contributed by atoms with van der Waals surface area (Å²) in [6.07, 6.45) is 0. The number of ether oxygens (including phenoxy) is 2. The molecule has 0 saturated carbocycles. The van der Waals surface area contributed by atoms with E-state index in [2.05, 4.69) is 5.32 Å². The number of hydrogen-bond acceptors (Lipinski definition) is 4. The molecule has 3 N–H and O–H groups in total. The number of carbonyl (C=O) groups is 1. The molecule has 2 aromatic carbocycles. The Morgan fingerprint density at radius 2 is 1.81 bits per heavy atom. The standard InChI is InChI=1S/C15H15ClN2O3/c1-20-13-8-12(14(21-2)7-10(13)16)18-15(19)9-5-3-4-6-11(9)17/h3-8H,17H2,1-2H3,(H,18,19). The molecule has 0 radical (unpaired) electrons. The molecular weight excluding hydrogens is 292 g/mol. The van der Waals surface area contributed by atoms with Gasteiger partial charge in [-0.05, 0) is 12.1 Å². The van der Waals surface area contributed by atoms with Crippen molar-refractivity contribution in [1.82, 2.24) is 0 Å². The van der Waals surface area contributed by atoms with E-state index >= 15 is 0 Å². The number of nitrogens with one attached hydrogen (secondary N) is 1. The van der Waals surface area contributed by atoms with E-state index in [1.807, 2.05) is 0 Å². The van der Waals surface area contributed by atoms with E-state index in [1.54, 1.807) is 36.4 Å². The van der Waals surface area contributed by atoms with Crippen LogP contribution in [0.3, 0.4) is 0 Å². The highest BCUT2D eigenvalue weighted by atomic mass is 35.5. The highest BCUT2D eigenvalue weighted by Crippen LogP contribution is 2.36. The average molecular weight is 307 g/mol. The van der Waals surface area contributed by atoms with Gasteiger partial charge in [-0.15, -0.1) is 0 Å². The Labute approximate surface area is 127 Å². The summed E-state index contributed by atoms with van der Waals surface area (Å²) < 4.78 is 10.3. The molecule has 6 heteroatoms. The molecular formula is C15H15ClN2O3. The number of benzene rings is 2. The lowest BCUT2D eigenvalue weighted by atomic mass is 10.1. The minimum Gasteiger partial charge on any atom is -0.495 e. The van der Waals surface area contributed by atoms with Crippen LogP contribution in [0, 0.1) is 0 Å². The molecule has 0 atom stereocenters. The Hall–Kier alpha value is -2.40. The average Bonchev–Trinajstić information content (AvgIpc) is 2.48. The van der Waals surface area contributed by atoms with Gasteiger partial charge in [-0.1, -0.05) is 23.7 Å². The second kappa shape index (κ2) is 6.37. The normalized spacial score (nSPS) is 10.0. The second-order valence-corrected chi connectivity index (χ2v) is 4.64. The molecule has 2 rings (SSSR count). The summed E-state index contributed by atoms with van der Waals surface area (Å²) in [5, 5.41) is 3.13. The number of rotatable bonds is 4. The molecule has 0 unspecified atom stereocenters. The highest BCUT2D eigenvalue weighted by molar-refractivity contribution is 6.32. The molecule has 0 aliphatic heterocycles. The summed E-state index contributed by atoms with van der Waals surface area (Å²) >= 11 is 6.02. The van der Waals surface area contributed by atoms with Crippen LogP contribution in [0.1, 0.15) is 10.4 Å². The van der Waals surface area contributed by atoms with Crippen molar-refractivity contribution in [3.8, 4) is 11.5 Å². The van der Waals surface area contributed by atoms with Gasteiger partial charge in [-0.25, -0.2) is 0 Å². The zero-order valence-corrected chi connectivity index (χ0v) is 12.4. The lowest BCUT2D eigenvalue weighted by Gasteiger charge is -2.13. The molecule has 0 aliphatic rings. The number of methoxy groups -OCH3 is 2. The maximum Gasteiger partial charge on any atom is 0.257 e. The fourth-order valence-electron chi connectivity index (χ4n) is 1.85. The van der Waals surface area contributed by atoms with Crippen molar-refractivity contribution in [2.45, 2.75) is 0 Å². The van der Waals surface area contributed by atoms with Crippen molar-refractivity contribution >= 4 is 28.9 Å². The number of anilines is 2. The summed E-state index contributed by atoms with van der Waals surface area (Å²) in [4.78, 5) is 12.3. The topological polar surface area (TPSA) is 73.6 Å². The van der Waals surface area contributed by atoms with Crippen LogP contribution < -0.4 is 20.5 Å². The highest BCUT2D eigenvalue weighted by Gasteiger charge is 2.15. The first-order chi connectivity index (χ1) is 10.1. The first-order valence-electron chi connectivity index (χ1n) is 6.14. The Morgan fingerprint density at radius 3 is 2.43 bits per heavy atom. The van der Waals surface area contributed by atoms with Crippen molar-refractivity contribution in [1.29, 1.82) is 0 Å². The molecule has 0 spiro atoms. The van der Waals surface area contributed by atoms with E-state index in [0.29, 0.717) is 33.5 Å². The number of halogens is 1. The van der Waals surface area contributed by atoms with Gasteiger partial charge in [0.2, 0.25) is 0 Å². The van der Waals surface area contributed by atoms with E-state index in [4.69, 9.17) is 26.8 Å². The van der Waals surface area contributed by atoms with Crippen molar-refractivity contribution in [2.75, 3.05) is 25.3 Å². The largest absolute Gasteiger partial charge is 0.495 e. The quantitative estimate of drug-likeness (QED) is 0.851. The van der Waals surface area contributed by atoms with E-state index in [9.17, 15) is 4.79 Å². The zero-order chi connectivity index (χ0) is 15.4. The Morgan fingerprint density at radius 1 is 1.14 bits per heavy atom. The van der Waals surface area contributed by atoms with Crippen molar-refractivity contribution < 1.29 is 14.3 Å². The minimum absolute atomic E-state index is 0.337. The maximum atomic E-state index is 12.3. The van der Waals surface area contributed by atoms with Crippen LogP contribution >= 0.6 is 11.6 Å². The number of carbonyl (C=O) groups excluding carboxylic acids is 1. The molecule has 5 nitrogen and oxygen atoms in total. The summed E-state index contributed by atoms with van der Waals surface area (Å²) in [6.45, 7) is 0. The van der Waals surface area contributed by atoms with Gasteiger partial charge < -0.3 is 20.5 Å². The first kappa shape index (κ1) is 15.0. The molecule has 1 amide bonds.